The van der Waals surface area contributed by atoms with E-state index in [9.17, 15) is 9.59 Å². The molecular formula is C14H19N3O3S. The van der Waals surface area contributed by atoms with Crippen LogP contribution >= 0.6 is 11.3 Å². The third-order valence-electron chi connectivity index (χ3n) is 3.90. The summed E-state index contributed by atoms with van der Waals surface area (Å²) < 4.78 is 5.03. The van der Waals surface area contributed by atoms with Crippen molar-refractivity contribution >= 4 is 23.3 Å². The van der Waals surface area contributed by atoms with E-state index in [0.717, 1.165) is 15.6 Å². The molecule has 21 heavy (non-hydrogen) atoms. The van der Waals surface area contributed by atoms with Crippen molar-refractivity contribution in [3.63, 3.8) is 0 Å². The smallest absolute Gasteiger partial charge is 0.410 e. The highest BCUT2D eigenvalue weighted by molar-refractivity contribution is 7.13. The Bertz CT molecular complexity index is 584. The number of piperazine rings is 1. The highest BCUT2D eigenvalue weighted by atomic mass is 32.1. The minimum absolute atomic E-state index is 0.00648. The van der Waals surface area contributed by atoms with Crippen LogP contribution in [0, 0.1) is 6.92 Å². The van der Waals surface area contributed by atoms with Gasteiger partial charge in [-0.15, -0.1) is 11.3 Å². The van der Waals surface area contributed by atoms with Crippen molar-refractivity contribution in [2.75, 3.05) is 26.2 Å². The Labute approximate surface area is 127 Å². The maximum atomic E-state index is 12.7. The summed E-state index contributed by atoms with van der Waals surface area (Å²) in [6.07, 6.45) is -0.261. The van der Waals surface area contributed by atoms with E-state index in [-0.39, 0.29) is 18.0 Å². The van der Waals surface area contributed by atoms with Crippen molar-refractivity contribution in [3.8, 4) is 0 Å². The first kappa shape index (κ1) is 14.3. The Morgan fingerprint density at radius 1 is 1.43 bits per heavy atom. The Hall–Kier alpha value is -1.63. The van der Waals surface area contributed by atoms with Gasteiger partial charge in [-0.2, -0.15) is 0 Å². The number of carbonyl (C=O) groups excluding carboxylic acids is 2. The van der Waals surface area contributed by atoms with E-state index in [4.69, 9.17) is 4.74 Å². The molecule has 0 spiro atoms. The number of nitrogens with zero attached hydrogens (tertiary/aromatic N) is 3. The molecule has 0 aromatic carbocycles. The van der Waals surface area contributed by atoms with Crippen LogP contribution in [0.5, 0.6) is 0 Å². The highest BCUT2D eigenvalue weighted by Crippen LogP contribution is 2.27. The fourth-order valence-corrected chi connectivity index (χ4v) is 3.72. The van der Waals surface area contributed by atoms with Crippen molar-refractivity contribution in [1.82, 2.24) is 14.8 Å². The lowest BCUT2D eigenvalue weighted by molar-refractivity contribution is 0.0620. The molecule has 2 saturated heterocycles. The SMILES string of the molecule is Cc1nc(C(C)C)sc1C(=O)N1CCN2C(=O)OC[C@@H]2C1. The van der Waals surface area contributed by atoms with Crippen LogP contribution in [0.15, 0.2) is 0 Å². The van der Waals surface area contributed by atoms with E-state index in [1.54, 1.807) is 4.90 Å². The zero-order valence-corrected chi connectivity index (χ0v) is 13.3. The number of hydrogen-bond donors (Lipinski definition) is 0. The van der Waals surface area contributed by atoms with Crippen LogP contribution in [-0.4, -0.2) is 59.1 Å². The van der Waals surface area contributed by atoms with Gasteiger partial charge in [0.25, 0.3) is 5.91 Å². The summed E-state index contributed by atoms with van der Waals surface area (Å²) in [7, 11) is 0. The van der Waals surface area contributed by atoms with Crippen LogP contribution in [0.1, 0.15) is 40.1 Å². The number of carbonyl (C=O) groups is 2. The molecule has 7 heteroatoms. The van der Waals surface area contributed by atoms with Crippen LogP contribution in [0.2, 0.25) is 0 Å². The second-order valence-electron chi connectivity index (χ2n) is 5.80. The fraction of sp³-hybridized carbons (Fsp3) is 0.643. The van der Waals surface area contributed by atoms with E-state index in [1.165, 1.54) is 11.3 Å². The van der Waals surface area contributed by atoms with Crippen molar-refractivity contribution in [2.24, 2.45) is 0 Å². The Morgan fingerprint density at radius 2 is 2.19 bits per heavy atom. The number of fused-ring (bicyclic) bond motifs is 1. The quantitative estimate of drug-likeness (QED) is 0.836. The molecule has 0 saturated carbocycles. The summed E-state index contributed by atoms with van der Waals surface area (Å²) in [5, 5.41) is 0.994. The third kappa shape index (κ3) is 2.50. The molecule has 114 valence electrons. The number of hydrogen-bond acceptors (Lipinski definition) is 5. The molecular weight excluding hydrogens is 290 g/mol. The van der Waals surface area contributed by atoms with Crippen molar-refractivity contribution in [1.29, 1.82) is 0 Å². The first-order chi connectivity index (χ1) is 9.97. The molecule has 6 nitrogen and oxygen atoms in total. The van der Waals surface area contributed by atoms with Gasteiger partial charge in [0.1, 0.15) is 11.5 Å². The molecule has 0 unspecified atom stereocenters. The number of thiazole rings is 1. The lowest BCUT2D eigenvalue weighted by Gasteiger charge is -2.35. The third-order valence-corrected chi connectivity index (χ3v) is 5.35. The molecule has 1 atom stereocenters. The van der Waals surface area contributed by atoms with Crippen LogP contribution < -0.4 is 0 Å². The van der Waals surface area contributed by atoms with E-state index < -0.39 is 0 Å². The second kappa shape index (κ2) is 5.29. The topological polar surface area (TPSA) is 62.7 Å². The Morgan fingerprint density at radius 3 is 2.86 bits per heavy atom. The molecule has 1 aromatic heterocycles. The lowest BCUT2D eigenvalue weighted by atomic mass is 10.2. The predicted molar refractivity (Wildman–Crippen MR) is 78.7 cm³/mol. The molecule has 0 aliphatic carbocycles. The second-order valence-corrected chi connectivity index (χ2v) is 6.83. The number of aryl methyl sites for hydroxylation is 1. The molecule has 0 N–H and O–H groups in total. The first-order valence-corrected chi connectivity index (χ1v) is 7.99. The largest absolute Gasteiger partial charge is 0.447 e. The van der Waals surface area contributed by atoms with Gasteiger partial charge >= 0.3 is 6.09 Å². The van der Waals surface area contributed by atoms with Gasteiger partial charge in [-0.25, -0.2) is 9.78 Å². The first-order valence-electron chi connectivity index (χ1n) is 7.17. The number of cyclic esters (lactones) is 1. The summed E-state index contributed by atoms with van der Waals surface area (Å²) >= 11 is 1.48. The van der Waals surface area contributed by atoms with E-state index in [0.29, 0.717) is 32.2 Å². The van der Waals surface area contributed by atoms with Gasteiger partial charge in [0.2, 0.25) is 0 Å². The van der Waals surface area contributed by atoms with Crippen molar-refractivity contribution < 1.29 is 14.3 Å². The fourth-order valence-electron chi connectivity index (χ4n) is 2.68. The average Bonchev–Trinajstić information content (AvgIpc) is 3.02. The molecule has 2 aliphatic heterocycles. The molecule has 2 amide bonds. The van der Waals surface area contributed by atoms with Gasteiger partial charge in [0.15, 0.2) is 0 Å². The summed E-state index contributed by atoms with van der Waals surface area (Å²) in [6, 6.07) is -0.00648. The molecule has 3 heterocycles. The Balaban J connectivity index is 1.75. The number of aromatic nitrogens is 1. The van der Waals surface area contributed by atoms with Gasteiger partial charge in [-0.05, 0) is 6.92 Å². The number of amides is 2. The lowest BCUT2D eigenvalue weighted by Crippen LogP contribution is -2.53. The van der Waals surface area contributed by atoms with E-state index in [2.05, 4.69) is 18.8 Å². The van der Waals surface area contributed by atoms with Crippen molar-refractivity contribution in [2.45, 2.75) is 32.7 Å². The minimum atomic E-state index is -0.261. The molecule has 0 radical (unpaired) electrons. The summed E-state index contributed by atoms with van der Waals surface area (Å²) in [5.41, 5.74) is 0.801. The van der Waals surface area contributed by atoms with Gasteiger partial charge in [0, 0.05) is 25.6 Å². The predicted octanol–water partition coefficient (Wildman–Crippen LogP) is 1.85. The molecule has 0 bridgehead atoms. The van der Waals surface area contributed by atoms with Crippen LogP contribution in [-0.2, 0) is 4.74 Å². The average molecular weight is 309 g/mol. The molecule has 1 aromatic rings. The summed E-state index contributed by atoms with van der Waals surface area (Å²) in [6.45, 7) is 8.05. The number of ether oxygens (including phenoxy) is 1. The van der Waals surface area contributed by atoms with Crippen LogP contribution in [0.25, 0.3) is 0 Å². The van der Waals surface area contributed by atoms with Gasteiger partial charge in [-0.1, -0.05) is 13.8 Å². The van der Waals surface area contributed by atoms with Gasteiger partial charge < -0.3 is 9.64 Å². The van der Waals surface area contributed by atoms with Crippen LogP contribution in [0.4, 0.5) is 4.79 Å². The normalized spacial score (nSPS) is 21.7. The highest BCUT2D eigenvalue weighted by Gasteiger charge is 2.39. The standard InChI is InChI=1S/C14H19N3O3S/c1-8(2)12-15-9(3)11(21-12)13(18)16-4-5-17-10(6-16)7-20-14(17)19/h8,10H,4-7H2,1-3H3/t10-/m0/s1. The minimum Gasteiger partial charge on any atom is -0.447 e. The Kier molecular flexibility index (Phi) is 3.61. The maximum absolute atomic E-state index is 12.7. The monoisotopic (exact) mass is 309 g/mol. The molecule has 2 fully saturated rings. The van der Waals surface area contributed by atoms with Crippen LogP contribution in [0.3, 0.4) is 0 Å². The summed E-state index contributed by atoms with van der Waals surface area (Å²) in [5.74, 6) is 0.351. The maximum Gasteiger partial charge on any atom is 0.410 e. The molecule has 3 rings (SSSR count). The van der Waals surface area contributed by atoms with E-state index >= 15 is 0 Å². The number of rotatable bonds is 2. The zero-order valence-electron chi connectivity index (χ0n) is 12.5. The van der Waals surface area contributed by atoms with Gasteiger partial charge in [0.05, 0.1) is 16.7 Å². The molecule has 2 aliphatic rings. The van der Waals surface area contributed by atoms with E-state index in [1.807, 2.05) is 11.8 Å². The summed E-state index contributed by atoms with van der Waals surface area (Å²) in [4.78, 5) is 32.9. The zero-order chi connectivity index (χ0) is 15.1. The van der Waals surface area contributed by atoms with Crippen molar-refractivity contribution in [3.05, 3.63) is 15.6 Å². The van der Waals surface area contributed by atoms with Gasteiger partial charge in [-0.3, -0.25) is 9.69 Å².